The number of alkyl halides is 1. The van der Waals surface area contributed by atoms with Crippen molar-refractivity contribution in [3.63, 3.8) is 0 Å². The van der Waals surface area contributed by atoms with Gasteiger partial charge in [-0.15, -0.1) is 0 Å². The Kier molecular flexibility index (Phi) is 4.41. The number of benzene rings is 1. The molecule has 0 N–H and O–H groups in total. The van der Waals surface area contributed by atoms with Gasteiger partial charge in [0.1, 0.15) is 28.4 Å². The minimum Gasteiger partial charge on any atom is -0.591 e. The summed E-state index contributed by atoms with van der Waals surface area (Å²) in [6.07, 6.45) is -1.52. The fraction of sp³-hybridized carbons (Fsp3) is 0.462. The second kappa shape index (κ2) is 5.61. The highest BCUT2D eigenvalue weighted by molar-refractivity contribution is 9.10. The molecule has 0 unspecified atom stereocenters. The molecule has 1 heterocycles. The molecule has 1 aliphatic heterocycles. The van der Waals surface area contributed by atoms with Crippen LogP contribution in [0.15, 0.2) is 21.0 Å². The molecular formula is C13H14BrF2NO2S. The van der Waals surface area contributed by atoms with Crippen LogP contribution in [0, 0.1) is 5.82 Å². The molecule has 0 spiro atoms. The zero-order valence-corrected chi connectivity index (χ0v) is 13.6. The van der Waals surface area contributed by atoms with Crippen LogP contribution < -0.4 is 4.74 Å². The van der Waals surface area contributed by atoms with Crippen molar-refractivity contribution in [1.29, 1.82) is 0 Å². The third-order valence-electron chi connectivity index (χ3n) is 2.70. The van der Waals surface area contributed by atoms with Crippen LogP contribution in [-0.4, -0.2) is 27.8 Å². The van der Waals surface area contributed by atoms with Crippen molar-refractivity contribution in [2.24, 2.45) is 4.40 Å². The first-order valence-corrected chi connectivity index (χ1v) is 7.87. The highest BCUT2D eigenvalue weighted by Crippen LogP contribution is 2.34. The third kappa shape index (κ3) is 2.99. The summed E-state index contributed by atoms with van der Waals surface area (Å²) in [5.74, 6) is -0.665. The molecule has 0 fully saturated rings. The summed E-state index contributed by atoms with van der Waals surface area (Å²) in [5.41, 5.74) is 0.188. The lowest BCUT2D eigenvalue weighted by Crippen LogP contribution is -2.34. The molecule has 3 nitrogen and oxygen atoms in total. The smallest absolute Gasteiger partial charge is 0.181 e. The molecule has 1 aromatic carbocycles. The maximum absolute atomic E-state index is 14.0. The summed E-state index contributed by atoms with van der Waals surface area (Å²) in [6, 6.07) is 2.96. The van der Waals surface area contributed by atoms with Crippen molar-refractivity contribution in [2.75, 3.05) is 6.61 Å². The zero-order chi connectivity index (χ0) is 15.1. The van der Waals surface area contributed by atoms with Gasteiger partial charge in [0.15, 0.2) is 17.7 Å². The molecule has 2 atom stereocenters. The Morgan fingerprint density at radius 3 is 2.70 bits per heavy atom. The predicted molar refractivity (Wildman–Crippen MR) is 78.9 cm³/mol. The lowest BCUT2D eigenvalue weighted by Gasteiger charge is -2.24. The van der Waals surface area contributed by atoms with Gasteiger partial charge >= 0.3 is 0 Å². The molecule has 7 heteroatoms. The standard InChI is InChI=1S/C13H14BrF2NO2S/c1-13(2,3)20(18)17-11-7-4-5-8(14)10(16)12(7)19-6-9(11)15/h4-5,9H,6H2,1-3H3/t9-,20-/m0/s1. The normalized spacial score (nSPS) is 22.4. The van der Waals surface area contributed by atoms with Gasteiger partial charge in [0.2, 0.25) is 0 Å². The first kappa shape index (κ1) is 15.7. The molecule has 0 aliphatic carbocycles. The molecule has 1 aliphatic rings. The van der Waals surface area contributed by atoms with E-state index < -0.39 is 28.1 Å². The number of nitrogens with zero attached hydrogens (tertiary/aromatic N) is 1. The molecular weight excluding hydrogens is 352 g/mol. The van der Waals surface area contributed by atoms with Crippen LogP contribution in [0.4, 0.5) is 8.78 Å². The average Bonchev–Trinajstić information content (AvgIpc) is 2.35. The topological polar surface area (TPSA) is 44.7 Å². The monoisotopic (exact) mass is 365 g/mol. The van der Waals surface area contributed by atoms with Crippen molar-refractivity contribution >= 4 is 33.0 Å². The van der Waals surface area contributed by atoms with Crippen molar-refractivity contribution in [2.45, 2.75) is 31.7 Å². The van der Waals surface area contributed by atoms with Gasteiger partial charge in [-0.3, -0.25) is 0 Å². The van der Waals surface area contributed by atoms with Crippen LogP contribution in [0.3, 0.4) is 0 Å². The van der Waals surface area contributed by atoms with E-state index in [0.29, 0.717) is 0 Å². The van der Waals surface area contributed by atoms with Gasteiger partial charge in [0.05, 0.1) is 4.47 Å². The maximum Gasteiger partial charge on any atom is 0.181 e. The molecule has 0 radical (unpaired) electrons. The molecule has 110 valence electrons. The molecule has 0 saturated heterocycles. The van der Waals surface area contributed by atoms with E-state index in [0.717, 1.165) is 0 Å². The quantitative estimate of drug-likeness (QED) is 0.714. The molecule has 2 rings (SSSR count). The molecule has 1 aromatic rings. The first-order valence-electron chi connectivity index (χ1n) is 5.97. The Balaban J connectivity index is 2.51. The van der Waals surface area contributed by atoms with Crippen LogP contribution in [0.5, 0.6) is 5.75 Å². The van der Waals surface area contributed by atoms with E-state index in [2.05, 4.69) is 20.3 Å². The van der Waals surface area contributed by atoms with Crippen LogP contribution >= 0.6 is 15.9 Å². The fourth-order valence-electron chi connectivity index (χ4n) is 1.61. The van der Waals surface area contributed by atoms with Crippen LogP contribution in [0.25, 0.3) is 0 Å². The van der Waals surface area contributed by atoms with E-state index in [4.69, 9.17) is 4.74 Å². The Morgan fingerprint density at radius 2 is 2.10 bits per heavy atom. The van der Waals surface area contributed by atoms with E-state index in [1.807, 2.05) is 0 Å². The summed E-state index contributed by atoms with van der Waals surface area (Å²) in [4.78, 5) is 0. The molecule has 0 aromatic heterocycles. The van der Waals surface area contributed by atoms with Gasteiger partial charge in [-0.2, -0.15) is 0 Å². The largest absolute Gasteiger partial charge is 0.591 e. The predicted octanol–water partition coefficient (Wildman–Crippen LogP) is 3.57. The molecule has 20 heavy (non-hydrogen) atoms. The average molecular weight is 366 g/mol. The number of hydrogen-bond acceptors (Lipinski definition) is 3. The van der Waals surface area contributed by atoms with E-state index >= 15 is 0 Å². The van der Waals surface area contributed by atoms with E-state index in [1.54, 1.807) is 20.8 Å². The Hall–Kier alpha value is -0.660. The first-order chi connectivity index (χ1) is 9.21. The summed E-state index contributed by atoms with van der Waals surface area (Å²) in [6.45, 7) is 4.88. The van der Waals surface area contributed by atoms with Crippen molar-refractivity contribution in [3.8, 4) is 5.75 Å². The fourth-order valence-corrected chi connectivity index (χ4v) is 2.59. The van der Waals surface area contributed by atoms with Gasteiger partial charge in [-0.1, -0.05) is 4.40 Å². The zero-order valence-electron chi connectivity index (χ0n) is 11.2. The van der Waals surface area contributed by atoms with Crippen molar-refractivity contribution in [1.82, 2.24) is 0 Å². The Bertz CT molecular complexity index is 560. The molecule has 0 saturated carbocycles. The summed E-state index contributed by atoms with van der Waals surface area (Å²) >= 11 is 1.43. The van der Waals surface area contributed by atoms with Gasteiger partial charge in [-0.05, 0) is 48.8 Å². The number of hydrogen-bond donors (Lipinski definition) is 0. The van der Waals surface area contributed by atoms with Crippen molar-refractivity contribution in [3.05, 3.63) is 28.0 Å². The highest BCUT2D eigenvalue weighted by Gasteiger charge is 2.35. The SMILES string of the molecule is CC(C)(C)[S@+]([O-])N=C1c2ccc(Br)c(F)c2OC[C@@H]1F. The summed E-state index contributed by atoms with van der Waals surface area (Å²) in [7, 11) is 0. The summed E-state index contributed by atoms with van der Waals surface area (Å²) < 4.78 is 48.6. The van der Waals surface area contributed by atoms with E-state index in [9.17, 15) is 13.3 Å². The number of rotatable bonds is 1. The minimum absolute atomic E-state index is 0.0223. The van der Waals surface area contributed by atoms with Gasteiger partial charge < -0.3 is 9.29 Å². The van der Waals surface area contributed by atoms with Crippen molar-refractivity contribution < 1.29 is 18.1 Å². The van der Waals surface area contributed by atoms with Crippen LogP contribution in [0.1, 0.15) is 26.3 Å². The van der Waals surface area contributed by atoms with E-state index in [1.165, 1.54) is 12.1 Å². The van der Waals surface area contributed by atoms with Crippen LogP contribution in [-0.2, 0) is 11.4 Å². The van der Waals surface area contributed by atoms with Gasteiger partial charge in [-0.25, -0.2) is 8.78 Å². The Morgan fingerprint density at radius 1 is 1.45 bits per heavy atom. The van der Waals surface area contributed by atoms with Crippen LogP contribution in [0.2, 0.25) is 0 Å². The number of halogens is 3. The minimum atomic E-state index is -1.62. The van der Waals surface area contributed by atoms with E-state index in [-0.39, 0.29) is 28.1 Å². The number of ether oxygens (including phenoxy) is 1. The second-order valence-electron chi connectivity index (χ2n) is 5.35. The highest BCUT2D eigenvalue weighted by atomic mass is 79.9. The number of fused-ring (bicyclic) bond motifs is 1. The third-order valence-corrected chi connectivity index (χ3v) is 4.72. The molecule has 0 bridgehead atoms. The lowest BCUT2D eigenvalue weighted by atomic mass is 10.0. The molecule has 0 amide bonds. The van der Waals surface area contributed by atoms with Gasteiger partial charge in [0, 0.05) is 5.56 Å². The summed E-state index contributed by atoms with van der Waals surface area (Å²) in [5, 5.41) is 0. The van der Waals surface area contributed by atoms with Gasteiger partial charge in [0.25, 0.3) is 0 Å². The Labute approximate surface area is 127 Å². The maximum atomic E-state index is 14.0. The lowest BCUT2D eigenvalue weighted by molar-refractivity contribution is 0.222. The second-order valence-corrected chi connectivity index (χ2v) is 8.11.